The van der Waals surface area contributed by atoms with Crippen LogP contribution in [-0.2, 0) is 13.1 Å². The molecular formula is C12H22N4O. The number of nitrogens with zero attached hydrogens (tertiary/aromatic N) is 4. The van der Waals surface area contributed by atoms with E-state index < -0.39 is 0 Å². The Hall–Kier alpha value is -0.940. The maximum Gasteiger partial charge on any atom is 0.147 e. The molecule has 1 aromatic heterocycles. The van der Waals surface area contributed by atoms with Crippen molar-refractivity contribution < 1.29 is 5.11 Å². The average molecular weight is 238 g/mol. The highest BCUT2D eigenvalue weighted by Crippen LogP contribution is 2.18. The van der Waals surface area contributed by atoms with Gasteiger partial charge < -0.3 is 9.67 Å². The van der Waals surface area contributed by atoms with Crippen molar-refractivity contribution in [2.45, 2.75) is 52.2 Å². The zero-order valence-electron chi connectivity index (χ0n) is 10.8. The van der Waals surface area contributed by atoms with Gasteiger partial charge in [-0.05, 0) is 33.2 Å². The summed E-state index contributed by atoms with van der Waals surface area (Å²) in [6.07, 6.45) is 3.53. The van der Waals surface area contributed by atoms with Crippen molar-refractivity contribution in [3.05, 3.63) is 11.6 Å². The second-order valence-corrected chi connectivity index (χ2v) is 4.71. The van der Waals surface area contributed by atoms with Gasteiger partial charge in [0.15, 0.2) is 0 Å². The third kappa shape index (κ3) is 2.66. The Morgan fingerprint density at radius 3 is 2.88 bits per heavy atom. The Balaban J connectivity index is 2.08. The first kappa shape index (κ1) is 12.5. The van der Waals surface area contributed by atoms with Crippen molar-refractivity contribution in [2.75, 3.05) is 13.2 Å². The molecule has 2 rings (SSSR count). The van der Waals surface area contributed by atoms with Crippen LogP contribution < -0.4 is 0 Å². The van der Waals surface area contributed by atoms with Gasteiger partial charge >= 0.3 is 0 Å². The topological polar surface area (TPSA) is 54.2 Å². The Morgan fingerprint density at radius 2 is 2.18 bits per heavy atom. The van der Waals surface area contributed by atoms with Crippen LogP contribution in [0.25, 0.3) is 0 Å². The quantitative estimate of drug-likeness (QED) is 0.848. The van der Waals surface area contributed by atoms with Gasteiger partial charge in [-0.3, -0.25) is 4.90 Å². The van der Waals surface area contributed by atoms with Crippen molar-refractivity contribution in [1.29, 1.82) is 0 Å². The minimum Gasteiger partial charge on any atom is -0.395 e. The van der Waals surface area contributed by atoms with Gasteiger partial charge in [-0.15, -0.1) is 10.2 Å². The van der Waals surface area contributed by atoms with E-state index in [9.17, 15) is 5.11 Å². The van der Waals surface area contributed by atoms with Crippen LogP contribution in [0.4, 0.5) is 0 Å². The SMILES string of the molecule is CCn1c(C)nnc1CN1CCCCC1CO. The lowest BCUT2D eigenvalue weighted by molar-refractivity contribution is 0.0809. The molecule has 1 atom stereocenters. The van der Waals surface area contributed by atoms with E-state index in [0.717, 1.165) is 37.7 Å². The van der Waals surface area contributed by atoms with Crippen molar-refractivity contribution in [3.8, 4) is 0 Å². The molecule has 0 amide bonds. The lowest BCUT2D eigenvalue weighted by Crippen LogP contribution is -2.41. The van der Waals surface area contributed by atoms with E-state index >= 15 is 0 Å². The summed E-state index contributed by atoms with van der Waals surface area (Å²) >= 11 is 0. The third-order valence-corrected chi connectivity index (χ3v) is 3.63. The number of aliphatic hydroxyl groups is 1. The van der Waals surface area contributed by atoms with Gasteiger partial charge in [0.1, 0.15) is 11.6 Å². The Bertz CT molecular complexity index is 363. The highest BCUT2D eigenvalue weighted by Gasteiger charge is 2.23. The van der Waals surface area contributed by atoms with Gasteiger partial charge in [0.25, 0.3) is 0 Å². The third-order valence-electron chi connectivity index (χ3n) is 3.63. The first-order valence-corrected chi connectivity index (χ1v) is 6.49. The van der Waals surface area contributed by atoms with Gasteiger partial charge in [-0.25, -0.2) is 0 Å². The number of piperidine rings is 1. The van der Waals surface area contributed by atoms with Crippen LogP contribution in [-0.4, -0.2) is 44.0 Å². The fourth-order valence-electron chi connectivity index (χ4n) is 2.61. The van der Waals surface area contributed by atoms with Gasteiger partial charge in [-0.2, -0.15) is 0 Å². The fourth-order valence-corrected chi connectivity index (χ4v) is 2.61. The van der Waals surface area contributed by atoms with E-state index in [-0.39, 0.29) is 6.61 Å². The highest BCUT2D eigenvalue weighted by atomic mass is 16.3. The molecule has 2 heterocycles. The average Bonchev–Trinajstić information content (AvgIpc) is 2.70. The number of likely N-dealkylation sites (tertiary alicyclic amines) is 1. The van der Waals surface area contributed by atoms with Crippen LogP contribution in [0.15, 0.2) is 0 Å². The van der Waals surface area contributed by atoms with Crippen molar-refractivity contribution in [3.63, 3.8) is 0 Å². The normalized spacial score (nSPS) is 21.9. The molecule has 96 valence electrons. The lowest BCUT2D eigenvalue weighted by atomic mass is 10.0. The predicted octanol–water partition coefficient (Wildman–Crippen LogP) is 0.953. The van der Waals surface area contributed by atoms with E-state index in [1.54, 1.807) is 0 Å². The van der Waals surface area contributed by atoms with E-state index in [1.807, 2.05) is 6.92 Å². The smallest absolute Gasteiger partial charge is 0.147 e. The molecule has 1 fully saturated rings. The maximum absolute atomic E-state index is 9.39. The van der Waals surface area contributed by atoms with Crippen molar-refractivity contribution in [2.24, 2.45) is 0 Å². The molecule has 1 aliphatic heterocycles. The van der Waals surface area contributed by atoms with Gasteiger partial charge in [0.2, 0.25) is 0 Å². The first-order chi connectivity index (χ1) is 8.26. The molecule has 0 aromatic carbocycles. The number of hydrogen-bond acceptors (Lipinski definition) is 4. The zero-order valence-corrected chi connectivity index (χ0v) is 10.8. The molecule has 0 radical (unpaired) electrons. The van der Waals surface area contributed by atoms with E-state index in [0.29, 0.717) is 6.04 Å². The number of aromatic nitrogens is 3. The Morgan fingerprint density at radius 1 is 1.35 bits per heavy atom. The summed E-state index contributed by atoms with van der Waals surface area (Å²) in [7, 11) is 0. The molecule has 1 aromatic rings. The largest absolute Gasteiger partial charge is 0.395 e. The van der Waals surface area contributed by atoms with Crippen LogP contribution in [0.3, 0.4) is 0 Å². The minimum absolute atomic E-state index is 0.249. The van der Waals surface area contributed by atoms with Crippen LogP contribution in [0, 0.1) is 6.92 Å². The summed E-state index contributed by atoms with van der Waals surface area (Å²) in [5.74, 6) is 1.99. The molecule has 0 saturated carbocycles. The van der Waals surface area contributed by atoms with Gasteiger partial charge in [0.05, 0.1) is 13.2 Å². The van der Waals surface area contributed by atoms with Crippen molar-refractivity contribution >= 4 is 0 Å². The Kier molecular flexibility index (Phi) is 4.12. The summed E-state index contributed by atoms with van der Waals surface area (Å²) in [6, 6.07) is 0.297. The zero-order chi connectivity index (χ0) is 12.3. The molecule has 5 nitrogen and oxygen atoms in total. The molecule has 0 bridgehead atoms. The molecule has 0 aliphatic carbocycles. The summed E-state index contributed by atoms with van der Waals surface area (Å²) in [5, 5.41) is 17.8. The number of aliphatic hydroxyl groups excluding tert-OH is 1. The number of aryl methyl sites for hydroxylation is 1. The second kappa shape index (κ2) is 5.60. The van der Waals surface area contributed by atoms with Crippen LogP contribution in [0.5, 0.6) is 0 Å². The molecule has 1 N–H and O–H groups in total. The van der Waals surface area contributed by atoms with Gasteiger partial charge in [0, 0.05) is 12.6 Å². The molecule has 1 aliphatic rings. The fraction of sp³-hybridized carbons (Fsp3) is 0.833. The van der Waals surface area contributed by atoms with Crippen molar-refractivity contribution in [1.82, 2.24) is 19.7 Å². The summed E-state index contributed by atoms with van der Waals surface area (Å²) in [6.45, 7) is 7.12. The predicted molar refractivity (Wildman–Crippen MR) is 65.6 cm³/mol. The summed E-state index contributed by atoms with van der Waals surface area (Å²) < 4.78 is 2.14. The second-order valence-electron chi connectivity index (χ2n) is 4.71. The highest BCUT2D eigenvalue weighted by molar-refractivity contribution is 4.95. The van der Waals surface area contributed by atoms with Crippen LogP contribution >= 0.6 is 0 Å². The molecular weight excluding hydrogens is 216 g/mol. The molecule has 1 unspecified atom stereocenters. The lowest BCUT2D eigenvalue weighted by Gasteiger charge is -2.34. The Labute approximate surface area is 102 Å². The molecule has 1 saturated heterocycles. The van der Waals surface area contributed by atoms with E-state index in [2.05, 4.69) is 26.6 Å². The maximum atomic E-state index is 9.39. The standard InChI is InChI=1S/C12H22N4O/c1-3-16-10(2)13-14-12(16)8-15-7-5-4-6-11(15)9-17/h11,17H,3-9H2,1-2H3. The van der Waals surface area contributed by atoms with Gasteiger partial charge in [-0.1, -0.05) is 6.42 Å². The summed E-state index contributed by atoms with van der Waals surface area (Å²) in [4.78, 5) is 2.33. The van der Waals surface area contributed by atoms with Crippen LogP contribution in [0.2, 0.25) is 0 Å². The monoisotopic (exact) mass is 238 g/mol. The summed E-state index contributed by atoms with van der Waals surface area (Å²) in [5.41, 5.74) is 0. The number of rotatable bonds is 4. The molecule has 5 heteroatoms. The van der Waals surface area contributed by atoms with E-state index in [4.69, 9.17) is 0 Å². The number of hydrogen-bond donors (Lipinski definition) is 1. The van der Waals surface area contributed by atoms with Crippen LogP contribution in [0.1, 0.15) is 37.8 Å². The molecule has 0 spiro atoms. The minimum atomic E-state index is 0.249. The molecule has 17 heavy (non-hydrogen) atoms. The van der Waals surface area contributed by atoms with E-state index in [1.165, 1.54) is 12.8 Å². The first-order valence-electron chi connectivity index (χ1n) is 6.49.